The molecule has 5 nitrogen and oxygen atoms in total. The third-order valence-corrected chi connectivity index (χ3v) is 3.32. The number of rotatable bonds is 5. The third kappa shape index (κ3) is 3.24. The molecule has 0 fully saturated rings. The Morgan fingerprint density at radius 3 is 2.74 bits per heavy atom. The summed E-state index contributed by atoms with van der Waals surface area (Å²) in [7, 11) is 1.81. The number of nitrogens with zero attached hydrogens (tertiary/aromatic N) is 3. The molecule has 2 heterocycles. The molecular formula is C13H17ClN4O. The summed E-state index contributed by atoms with van der Waals surface area (Å²) in [5.74, 6) is 0.708. The number of aryl methyl sites for hydroxylation is 2. The summed E-state index contributed by atoms with van der Waals surface area (Å²) in [6.07, 6.45) is 2.47. The highest BCUT2D eigenvalue weighted by Gasteiger charge is 2.11. The van der Waals surface area contributed by atoms with Crippen LogP contribution in [0.2, 0.25) is 5.15 Å². The smallest absolute Gasteiger partial charge is 0.138 e. The van der Waals surface area contributed by atoms with Gasteiger partial charge in [0.25, 0.3) is 0 Å². The van der Waals surface area contributed by atoms with Gasteiger partial charge < -0.3 is 10.5 Å². The summed E-state index contributed by atoms with van der Waals surface area (Å²) in [4.78, 5) is 4.27. The molecule has 2 aromatic rings. The van der Waals surface area contributed by atoms with Crippen molar-refractivity contribution >= 4 is 11.6 Å². The van der Waals surface area contributed by atoms with Crippen LogP contribution in [0.5, 0.6) is 5.75 Å². The van der Waals surface area contributed by atoms with Gasteiger partial charge in [0.05, 0.1) is 11.9 Å². The van der Waals surface area contributed by atoms with E-state index in [2.05, 4.69) is 10.1 Å². The maximum Gasteiger partial charge on any atom is 0.138 e. The molecule has 2 rings (SSSR count). The van der Waals surface area contributed by atoms with E-state index in [1.165, 1.54) is 0 Å². The Morgan fingerprint density at radius 2 is 2.21 bits per heavy atom. The highest BCUT2D eigenvalue weighted by Crippen LogP contribution is 2.21. The molecule has 0 aliphatic heterocycles. The van der Waals surface area contributed by atoms with E-state index in [4.69, 9.17) is 22.1 Å². The Morgan fingerprint density at radius 1 is 1.42 bits per heavy atom. The summed E-state index contributed by atoms with van der Waals surface area (Å²) < 4.78 is 7.31. The lowest BCUT2D eigenvalue weighted by Crippen LogP contribution is -2.04. The zero-order valence-electron chi connectivity index (χ0n) is 11.1. The fraction of sp³-hybridized carbons (Fsp3) is 0.385. The highest BCUT2D eigenvalue weighted by atomic mass is 35.5. The molecule has 2 aromatic heterocycles. The molecule has 0 aliphatic carbocycles. The molecule has 0 spiro atoms. The van der Waals surface area contributed by atoms with Crippen molar-refractivity contribution in [2.24, 2.45) is 12.8 Å². The molecule has 19 heavy (non-hydrogen) atoms. The Kier molecular flexibility index (Phi) is 4.39. The van der Waals surface area contributed by atoms with E-state index in [9.17, 15) is 0 Å². The minimum Gasteiger partial charge on any atom is -0.487 e. The minimum absolute atomic E-state index is 0.385. The van der Waals surface area contributed by atoms with Gasteiger partial charge in [-0.3, -0.25) is 9.67 Å². The number of aromatic nitrogens is 3. The first kappa shape index (κ1) is 13.8. The summed E-state index contributed by atoms with van der Waals surface area (Å²) in [6.45, 7) is 2.89. The maximum absolute atomic E-state index is 6.14. The van der Waals surface area contributed by atoms with E-state index in [0.717, 1.165) is 23.4 Å². The number of pyridine rings is 1. The van der Waals surface area contributed by atoms with Gasteiger partial charge in [-0.15, -0.1) is 0 Å². The van der Waals surface area contributed by atoms with Crippen molar-refractivity contribution < 1.29 is 4.74 Å². The largest absolute Gasteiger partial charge is 0.487 e. The first-order valence-corrected chi connectivity index (χ1v) is 6.45. The molecule has 0 aliphatic rings. The van der Waals surface area contributed by atoms with Crippen molar-refractivity contribution in [1.29, 1.82) is 0 Å². The van der Waals surface area contributed by atoms with E-state index < -0.39 is 0 Å². The maximum atomic E-state index is 6.14. The molecular weight excluding hydrogens is 264 g/mol. The molecule has 102 valence electrons. The summed E-state index contributed by atoms with van der Waals surface area (Å²) in [5, 5.41) is 4.84. The van der Waals surface area contributed by atoms with Gasteiger partial charge >= 0.3 is 0 Å². The van der Waals surface area contributed by atoms with Crippen molar-refractivity contribution in [3.63, 3.8) is 0 Å². The van der Waals surface area contributed by atoms with E-state index >= 15 is 0 Å². The molecule has 0 amide bonds. The first-order chi connectivity index (χ1) is 9.11. The van der Waals surface area contributed by atoms with Gasteiger partial charge in [0.15, 0.2) is 0 Å². The standard InChI is InChI=1S/C13H17ClN4O/c1-9-12(13(14)18(2)17-9)8-19-11-4-3-10(5-6-15)16-7-11/h3-4,7H,5-6,8,15H2,1-2H3. The van der Waals surface area contributed by atoms with Crippen LogP contribution >= 0.6 is 11.6 Å². The Labute approximate surface area is 117 Å². The predicted molar refractivity (Wildman–Crippen MR) is 74.3 cm³/mol. The van der Waals surface area contributed by atoms with Crippen LogP contribution < -0.4 is 10.5 Å². The summed E-state index contributed by atoms with van der Waals surface area (Å²) in [6, 6.07) is 3.80. The van der Waals surface area contributed by atoms with Gasteiger partial charge in [-0.05, 0) is 25.6 Å². The molecule has 0 unspecified atom stereocenters. The van der Waals surface area contributed by atoms with Crippen molar-refractivity contribution in [3.05, 3.63) is 40.4 Å². The molecule has 0 saturated carbocycles. The average Bonchev–Trinajstić information content (AvgIpc) is 2.64. The van der Waals surface area contributed by atoms with Crippen LogP contribution in [0.1, 0.15) is 17.0 Å². The van der Waals surface area contributed by atoms with Gasteiger partial charge in [0.1, 0.15) is 17.5 Å². The van der Waals surface area contributed by atoms with E-state index in [0.29, 0.717) is 24.1 Å². The molecule has 0 atom stereocenters. The lowest BCUT2D eigenvalue weighted by Gasteiger charge is -2.06. The van der Waals surface area contributed by atoms with Crippen molar-refractivity contribution in [1.82, 2.24) is 14.8 Å². The topological polar surface area (TPSA) is 66.0 Å². The fourth-order valence-electron chi connectivity index (χ4n) is 1.79. The monoisotopic (exact) mass is 280 g/mol. The van der Waals surface area contributed by atoms with Crippen LogP contribution in [-0.4, -0.2) is 21.3 Å². The second-order valence-electron chi connectivity index (χ2n) is 4.29. The molecule has 0 bridgehead atoms. The second-order valence-corrected chi connectivity index (χ2v) is 4.65. The summed E-state index contributed by atoms with van der Waals surface area (Å²) >= 11 is 6.14. The highest BCUT2D eigenvalue weighted by molar-refractivity contribution is 6.30. The van der Waals surface area contributed by atoms with Gasteiger partial charge in [0, 0.05) is 24.7 Å². The summed E-state index contributed by atoms with van der Waals surface area (Å²) in [5.41, 5.74) is 8.21. The SMILES string of the molecule is Cc1nn(C)c(Cl)c1COc1ccc(CCN)nc1. The Hall–Kier alpha value is -1.59. The molecule has 0 aromatic carbocycles. The van der Waals surface area contributed by atoms with Crippen LogP contribution in [0.25, 0.3) is 0 Å². The first-order valence-electron chi connectivity index (χ1n) is 6.07. The molecule has 2 N–H and O–H groups in total. The van der Waals surface area contributed by atoms with Gasteiger partial charge in [0.2, 0.25) is 0 Å². The van der Waals surface area contributed by atoms with Crippen LogP contribution in [0.15, 0.2) is 18.3 Å². The lowest BCUT2D eigenvalue weighted by atomic mass is 10.2. The Balaban J connectivity index is 2.02. The fourth-order valence-corrected chi connectivity index (χ4v) is 2.01. The number of hydrogen-bond acceptors (Lipinski definition) is 4. The predicted octanol–water partition coefficient (Wildman–Crippen LogP) is 1.86. The number of hydrogen-bond donors (Lipinski definition) is 1. The van der Waals surface area contributed by atoms with E-state index in [1.807, 2.05) is 26.1 Å². The van der Waals surface area contributed by atoms with Crippen molar-refractivity contribution in [2.75, 3.05) is 6.54 Å². The van der Waals surface area contributed by atoms with Crippen LogP contribution in [-0.2, 0) is 20.1 Å². The van der Waals surface area contributed by atoms with E-state index in [-0.39, 0.29) is 0 Å². The number of halogens is 1. The normalized spacial score (nSPS) is 10.7. The minimum atomic E-state index is 0.385. The second kappa shape index (κ2) is 6.04. The number of ether oxygens (including phenoxy) is 1. The van der Waals surface area contributed by atoms with E-state index in [1.54, 1.807) is 10.9 Å². The zero-order chi connectivity index (χ0) is 13.8. The van der Waals surface area contributed by atoms with Gasteiger partial charge in [-0.2, -0.15) is 5.10 Å². The molecule has 6 heteroatoms. The van der Waals surface area contributed by atoms with Gasteiger partial charge in [-0.1, -0.05) is 11.6 Å². The lowest BCUT2D eigenvalue weighted by molar-refractivity contribution is 0.304. The van der Waals surface area contributed by atoms with Crippen LogP contribution in [0.4, 0.5) is 0 Å². The Bertz CT molecular complexity index is 551. The molecule has 0 radical (unpaired) electrons. The van der Waals surface area contributed by atoms with Gasteiger partial charge in [-0.25, -0.2) is 0 Å². The van der Waals surface area contributed by atoms with Crippen LogP contribution in [0, 0.1) is 6.92 Å². The van der Waals surface area contributed by atoms with Crippen molar-refractivity contribution in [3.8, 4) is 5.75 Å². The number of nitrogens with two attached hydrogens (primary N) is 1. The van der Waals surface area contributed by atoms with Crippen LogP contribution in [0.3, 0.4) is 0 Å². The third-order valence-electron chi connectivity index (χ3n) is 2.85. The quantitative estimate of drug-likeness (QED) is 0.908. The zero-order valence-corrected chi connectivity index (χ0v) is 11.8. The average molecular weight is 281 g/mol. The molecule has 0 saturated heterocycles. The van der Waals surface area contributed by atoms with Crippen molar-refractivity contribution in [2.45, 2.75) is 20.0 Å².